The van der Waals surface area contributed by atoms with Gasteiger partial charge in [-0.15, -0.1) is 0 Å². The normalized spacial score (nSPS) is 10.3. The summed E-state index contributed by atoms with van der Waals surface area (Å²) < 4.78 is 25.7. The van der Waals surface area contributed by atoms with Crippen LogP contribution in [-0.2, 0) is 6.54 Å². The highest BCUT2D eigenvalue weighted by molar-refractivity contribution is 5.43. The van der Waals surface area contributed by atoms with Gasteiger partial charge in [-0.3, -0.25) is 0 Å². The van der Waals surface area contributed by atoms with Crippen LogP contribution in [-0.4, -0.2) is 0 Å². The fourth-order valence-electron chi connectivity index (χ4n) is 1.59. The molecule has 0 fully saturated rings. The van der Waals surface area contributed by atoms with Crippen LogP contribution in [0.1, 0.15) is 11.1 Å². The summed E-state index contributed by atoms with van der Waals surface area (Å²) >= 11 is 0. The van der Waals surface area contributed by atoms with Crippen LogP contribution in [0.3, 0.4) is 0 Å². The first kappa shape index (κ1) is 11.6. The summed E-state index contributed by atoms with van der Waals surface area (Å²) in [5.74, 6) is -0.455. The molecular weight excluding hydrogens is 220 g/mol. The SMILES string of the molecule is Cc1cc(CNc2ccc(F)cc2)ccc1F. The van der Waals surface area contributed by atoms with Gasteiger partial charge in [-0.2, -0.15) is 0 Å². The molecule has 0 aliphatic rings. The fourth-order valence-corrected chi connectivity index (χ4v) is 1.59. The second-order valence-electron chi connectivity index (χ2n) is 3.94. The Morgan fingerprint density at radius 3 is 2.35 bits per heavy atom. The zero-order valence-electron chi connectivity index (χ0n) is 9.50. The molecule has 1 nitrogen and oxygen atoms in total. The van der Waals surface area contributed by atoms with Gasteiger partial charge in [0.05, 0.1) is 0 Å². The Kier molecular flexibility index (Phi) is 3.38. The van der Waals surface area contributed by atoms with E-state index in [1.807, 2.05) is 0 Å². The van der Waals surface area contributed by atoms with E-state index in [-0.39, 0.29) is 11.6 Å². The van der Waals surface area contributed by atoms with Crippen molar-refractivity contribution in [1.29, 1.82) is 0 Å². The summed E-state index contributed by atoms with van der Waals surface area (Å²) in [6, 6.07) is 11.1. The monoisotopic (exact) mass is 233 g/mol. The van der Waals surface area contributed by atoms with Crippen molar-refractivity contribution in [3.05, 3.63) is 65.2 Å². The lowest BCUT2D eigenvalue weighted by Crippen LogP contribution is -2.00. The van der Waals surface area contributed by atoms with Crippen LogP contribution in [0.2, 0.25) is 0 Å². The Morgan fingerprint density at radius 1 is 1.00 bits per heavy atom. The highest BCUT2D eigenvalue weighted by atomic mass is 19.1. The van der Waals surface area contributed by atoms with E-state index in [9.17, 15) is 8.78 Å². The van der Waals surface area contributed by atoms with Gasteiger partial charge in [0.25, 0.3) is 0 Å². The van der Waals surface area contributed by atoms with Gasteiger partial charge in [0.2, 0.25) is 0 Å². The van der Waals surface area contributed by atoms with Gasteiger partial charge in [-0.05, 0) is 48.4 Å². The molecule has 2 rings (SSSR count). The molecule has 2 aromatic carbocycles. The lowest BCUT2D eigenvalue weighted by molar-refractivity contribution is 0.617. The third-order valence-electron chi connectivity index (χ3n) is 2.56. The van der Waals surface area contributed by atoms with E-state index in [0.717, 1.165) is 11.3 Å². The maximum absolute atomic E-state index is 13.0. The molecule has 0 aliphatic carbocycles. The second kappa shape index (κ2) is 4.95. The fraction of sp³-hybridized carbons (Fsp3) is 0.143. The highest BCUT2D eigenvalue weighted by Gasteiger charge is 1.99. The van der Waals surface area contributed by atoms with Crippen LogP contribution in [0, 0.1) is 18.6 Å². The van der Waals surface area contributed by atoms with E-state index in [1.165, 1.54) is 18.2 Å². The van der Waals surface area contributed by atoms with Crippen LogP contribution in [0.15, 0.2) is 42.5 Å². The molecule has 0 saturated carbocycles. The number of nitrogens with one attached hydrogen (secondary N) is 1. The first-order valence-corrected chi connectivity index (χ1v) is 5.39. The lowest BCUT2D eigenvalue weighted by Gasteiger charge is -2.07. The quantitative estimate of drug-likeness (QED) is 0.848. The van der Waals surface area contributed by atoms with Crippen LogP contribution in [0.5, 0.6) is 0 Å². The number of aryl methyl sites for hydroxylation is 1. The van der Waals surface area contributed by atoms with E-state index in [1.54, 1.807) is 31.2 Å². The topological polar surface area (TPSA) is 12.0 Å². The Morgan fingerprint density at radius 2 is 1.71 bits per heavy atom. The maximum Gasteiger partial charge on any atom is 0.126 e. The minimum absolute atomic E-state index is 0.199. The lowest BCUT2D eigenvalue weighted by atomic mass is 10.1. The number of halogens is 2. The number of hydrogen-bond acceptors (Lipinski definition) is 1. The molecule has 0 aliphatic heterocycles. The minimum Gasteiger partial charge on any atom is -0.381 e. The molecule has 17 heavy (non-hydrogen) atoms. The molecular formula is C14H13F2N. The molecule has 1 N–H and O–H groups in total. The summed E-state index contributed by atoms with van der Waals surface area (Å²) in [7, 11) is 0. The van der Waals surface area contributed by atoms with Gasteiger partial charge in [-0.1, -0.05) is 12.1 Å². The Balaban J connectivity index is 2.02. The summed E-state index contributed by atoms with van der Waals surface area (Å²) in [5.41, 5.74) is 2.46. The smallest absolute Gasteiger partial charge is 0.126 e. The van der Waals surface area contributed by atoms with Crippen LogP contribution in [0.4, 0.5) is 14.5 Å². The largest absolute Gasteiger partial charge is 0.381 e. The van der Waals surface area contributed by atoms with Crippen molar-refractivity contribution in [2.45, 2.75) is 13.5 Å². The molecule has 0 aromatic heterocycles. The summed E-state index contributed by atoms with van der Waals surface area (Å²) in [4.78, 5) is 0. The van der Waals surface area contributed by atoms with Crippen molar-refractivity contribution in [2.75, 3.05) is 5.32 Å². The Hall–Kier alpha value is -1.90. The third kappa shape index (κ3) is 3.03. The zero-order valence-corrected chi connectivity index (χ0v) is 9.50. The molecule has 3 heteroatoms. The van der Waals surface area contributed by atoms with Gasteiger partial charge >= 0.3 is 0 Å². The van der Waals surface area contributed by atoms with Crippen molar-refractivity contribution in [1.82, 2.24) is 0 Å². The minimum atomic E-state index is -0.256. The molecule has 0 atom stereocenters. The predicted octanol–water partition coefficient (Wildman–Crippen LogP) is 3.89. The van der Waals surface area contributed by atoms with Gasteiger partial charge in [-0.25, -0.2) is 8.78 Å². The molecule has 0 bridgehead atoms. The molecule has 88 valence electrons. The molecule has 0 radical (unpaired) electrons. The molecule has 0 unspecified atom stereocenters. The van der Waals surface area contributed by atoms with E-state index in [4.69, 9.17) is 0 Å². The van der Waals surface area contributed by atoms with Crippen LogP contribution < -0.4 is 5.32 Å². The first-order chi connectivity index (χ1) is 8.15. The van der Waals surface area contributed by atoms with Gasteiger partial charge in [0.15, 0.2) is 0 Å². The molecule has 0 heterocycles. The van der Waals surface area contributed by atoms with Gasteiger partial charge in [0, 0.05) is 12.2 Å². The standard InChI is InChI=1S/C14H13F2N/c1-10-8-11(2-7-14(10)16)9-17-13-5-3-12(15)4-6-13/h2-8,17H,9H2,1H3. The summed E-state index contributed by atoms with van der Waals surface area (Å²) in [6.07, 6.45) is 0. The molecule has 0 spiro atoms. The number of hydrogen-bond donors (Lipinski definition) is 1. The van der Waals surface area contributed by atoms with E-state index >= 15 is 0 Å². The maximum atomic E-state index is 13.0. The second-order valence-corrected chi connectivity index (χ2v) is 3.94. The first-order valence-electron chi connectivity index (χ1n) is 5.39. The zero-order chi connectivity index (χ0) is 12.3. The average molecular weight is 233 g/mol. The number of benzene rings is 2. The molecule has 2 aromatic rings. The van der Waals surface area contributed by atoms with Crippen molar-refractivity contribution >= 4 is 5.69 Å². The summed E-state index contributed by atoms with van der Waals surface area (Å²) in [6.45, 7) is 2.32. The van der Waals surface area contributed by atoms with E-state index in [0.29, 0.717) is 12.1 Å². The summed E-state index contributed by atoms with van der Waals surface area (Å²) in [5, 5.41) is 3.15. The Labute approximate surface area is 99.1 Å². The van der Waals surface area contributed by atoms with Crippen LogP contribution in [0.25, 0.3) is 0 Å². The average Bonchev–Trinajstić information content (AvgIpc) is 2.33. The van der Waals surface area contributed by atoms with Crippen molar-refractivity contribution < 1.29 is 8.78 Å². The predicted molar refractivity (Wildman–Crippen MR) is 64.9 cm³/mol. The van der Waals surface area contributed by atoms with Crippen LogP contribution >= 0.6 is 0 Å². The van der Waals surface area contributed by atoms with E-state index in [2.05, 4.69) is 5.32 Å². The van der Waals surface area contributed by atoms with Gasteiger partial charge < -0.3 is 5.32 Å². The van der Waals surface area contributed by atoms with E-state index < -0.39 is 0 Å². The van der Waals surface area contributed by atoms with Crippen molar-refractivity contribution in [3.8, 4) is 0 Å². The third-order valence-corrected chi connectivity index (χ3v) is 2.56. The number of rotatable bonds is 3. The highest BCUT2D eigenvalue weighted by Crippen LogP contribution is 2.13. The number of anilines is 1. The van der Waals surface area contributed by atoms with Gasteiger partial charge in [0.1, 0.15) is 11.6 Å². The molecule has 0 saturated heterocycles. The van der Waals surface area contributed by atoms with Crippen molar-refractivity contribution in [3.63, 3.8) is 0 Å². The van der Waals surface area contributed by atoms with Crippen molar-refractivity contribution in [2.24, 2.45) is 0 Å². The molecule has 0 amide bonds. The Bertz CT molecular complexity index is 506.